The Morgan fingerprint density at radius 2 is 2.15 bits per heavy atom. The molecule has 1 aromatic heterocycles. The molecule has 2 N–H and O–H groups in total. The fourth-order valence-corrected chi connectivity index (χ4v) is 2.69. The molecular weight excluding hydrogens is 258 g/mol. The van der Waals surface area contributed by atoms with Gasteiger partial charge in [-0.25, -0.2) is 0 Å². The van der Waals surface area contributed by atoms with E-state index in [0.717, 1.165) is 31.5 Å². The zero-order valence-corrected chi connectivity index (χ0v) is 12.2. The highest BCUT2D eigenvalue weighted by Crippen LogP contribution is 2.37. The molecule has 1 aliphatic carbocycles. The van der Waals surface area contributed by atoms with Gasteiger partial charge in [-0.3, -0.25) is 4.79 Å². The number of hydrogen-bond acceptors (Lipinski definition) is 5. The van der Waals surface area contributed by atoms with Gasteiger partial charge in [-0.15, -0.1) is 0 Å². The Balaban J connectivity index is 2.02. The molecule has 0 saturated heterocycles. The van der Waals surface area contributed by atoms with E-state index in [1.165, 1.54) is 0 Å². The van der Waals surface area contributed by atoms with Gasteiger partial charge in [0.1, 0.15) is 0 Å². The van der Waals surface area contributed by atoms with Gasteiger partial charge in [0.2, 0.25) is 5.89 Å². The average Bonchev–Trinajstić information content (AvgIpc) is 3.04. The summed E-state index contributed by atoms with van der Waals surface area (Å²) >= 11 is 0. The monoisotopic (exact) mass is 281 g/mol. The molecule has 0 unspecified atom stereocenters. The maximum atomic E-state index is 10.6. The maximum Gasteiger partial charge on any atom is 0.303 e. The second-order valence-corrected chi connectivity index (χ2v) is 5.82. The summed E-state index contributed by atoms with van der Waals surface area (Å²) in [6, 6.07) is 0. The lowest BCUT2D eigenvalue weighted by Crippen LogP contribution is -2.41. The van der Waals surface area contributed by atoms with Crippen LogP contribution >= 0.6 is 0 Å². The molecule has 0 atom stereocenters. The van der Waals surface area contributed by atoms with E-state index in [9.17, 15) is 4.79 Å². The summed E-state index contributed by atoms with van der Waals surface area (Å²) in [7, 11) is 0. The van der Waals surface area contributed by atoms with Crippen molar-refractivity contribution in [3.8, 4) is 0 Å². The molecule has 0 spiro atoms. The highest BCUT2D eigenvalue weighted by molar-refractivity contribution is 5.66. The van der Waals surface area contributed by atoms with Crippen LogP contribution in [0.25, 0.3) is 0 Å². The lowest BCUT2D eigenvalue weighted by molar-refractivity contribution is -0.137. The molecular formula is C14H23N3O3. The molecule has 1 fully saturated rings. The zero-order valence-electron chi connectivity index (χ0n) is 12.2. The molecule has 6 heteroatoms. The van der Waals surface area contributed by atoms with E-state index in [4.69, 9.17) is 9.63 Å². The summed E-state index contributed by atoms with van der Waals surface area (Å²) in [5.74, 6) is 0.864. The molecule has 0 radical (unpaired) electrons. The van der Waals surface area contributed by atoms with Crippen LogP contribution in [-0.4, -0.2) is 27.8 Å². The molecule has 0 amide bonds. The molecule has 1 aromatic rings. The number of aliphatic carboxylic acids is 1. The summed E-state index contributed by atoms with van der Waals surface area (Å²) in [5, 5.41) is 16.3. The number of nitrogens with one attached hydrogen (secondary N) is 1. The summed E-state index contributed by atoms with van der Waals surface area (Å²) < 4.78 is 5.31. The van der Waals surface area contributed by atoms with Crippen molar-refractivity contribution < 1.29 is 14.4 Å². The summed E-state index contributed by atoms with van der Waals surface area (Å²) in [6.45, 7) is 4.72. The number of carboxylic acid groups (broad SMARTS) is 1. The minimum absolute atomic E-state index is 0.187. The van der Waals surface area contributed by atoms with Crippen molar-refractivity contribution in [1.82, 2.24) is 15.5 Å². The van der Waals surface area contributed by atoms with Gasteiger partial charge in [0, 0.05) is 12.3 Å². The maximum absolute atomic E-state index is 10.6. The molecule has 20 heavy (non-hydrogen) atoms. The summed E-state index contributed by atoms with van der Waals surface area (Å²) in [5.41, 5.74) is -0.227. The third-order valence-corrected chi connectivity index (χ3v) is 3.85. The Bertz CT molecular complexity index is 450. The lowest BCUT2D eigenvalue weighted by Gasteiger charge is -2.26. The lowest BCUT2D eigenvalue weighted by atomic mass is 9.96. The van der Waals surface area contributed by atoms with Gasteiger partial charge >= 0.3 is 5.97 Å². The Labute approximate surface area is 118 Å². The summed E-state index contributed by atoms with van der Waals surface area (Å²) in [6.07, 6.45) is 5.04. The normalized spacial score (nSPS) is 17.8. The van der Waals surface area contributed by atoms with Gasteiger partial charge in [0.25, 0.3) is 0 Å². The van der Waals surface area contributed by atoms with Gasteiger partial charge in [0.05, 0.1) is 5.54 Å². The first-order valence-corrected chi connectivity index (χ1v) is 7.34. The second kappa shape index (κ2) is 6.35. The van der Waals surface area contributed by atoms with Crippen LogP contribution in [-0.2, 0) is 10.3 Å². The molecule has 6 nitrogen and oxygen atoms in total. The fourth-order valence-electron chi connectivity index (χ4n) is 2.69. The Hall–Kier alpha value is -1.43. The van der Waals surface area contributed by atoms with E-state index < -0.39 is 5.97 Å². The molecule has 2 rings (SSSR count). The highest BCUT2D eigenvalue weighted by atomic mass is 16.5. The molecule has 1 aliphatic rings. The van der Waals surface area contributed by atoms with E-state index in [1.807, 2.05) is 13.8 Å². The predicted octanol–water partition coefficient (Wildman–Crippen LogP) is 2.42. The molecule has 1 saturated carbocycles. The fraction of sp³-hybridized carbons (Fsp3) is 0.786. The van der Waals surface area contributed by atoms with E-state index >= 15 is 0 Å². The quantitative estimate of drug-likeness (QED) is 0.746. The van der Waals surface area contributed by atoms with Gasteiger partial charge in [-0.1, -0.05) is 31.8 Å². The van der Waals surface area contributed by atoms with Crippen LogP contribution in [0.1, 0.15) is 70.0 Å². The van der Waals surface area contributed by atoms with Crippen molar-refractivity contribution in [3.63, 3.8) is 0 Å². The van der Waals surface area contributed by atoms with Gasteiger partial charge in [0.15, 0.2) is 5.82 Å². The number of nitrogens with zero attached hydrogens (tertiary/aromatic N) is 2. The standard InChI is InChI=1S/C14H23N3O3/c1-10(2)12-16-13(17-20-12)14(7-3-4-8-14)15-9-5-6-11(18)19/h10,15H,3-9H2,1-2H3,(H,18,19). The van der Waals surface area contributed by atoms with Crippen LogP contribution < -0.4 is 5.32 Å². The van der Waals surface area contributed by atoms with Crippen LogP contribution in [0.5, 0.6) is 0 Å². The van der Waals surface area contributed by atoms with Crippen LogP contribution in [0.4, 0.5) is 0 Å². The third-order valence-electron chi connectivity index (χ3n) is 3.85. The van der Waals surface area contributed by atoms with E-state index in [2.05, 4.69) is 15.5 Å². The van der Waals surface area contributed by atoms with Crippen LogP contribution in [0.3, 0.4) is 0 Å². The molecule has 0 bridgehead atoms. The SMILES string of the molecule is CC(C)c1nc(C2(NCCCC(=O)O)CCCC2)no1. The number of rotatable bonds is 7. The molecule has 112 valence electrons. The highest BCUT2D eigenvalue weighted by Gasteiger charge is 2.39. The smallest absolute Gasteiger partial charge is 0.303 e. The van der Waals surface area contributed by atoms with Crippen molar-refractivity contribution in [3.05, 3.63) is 11.7 Å². The molecule has 0 aliphatic heterocycles. The Kier molecular flexibility index (Phi) is 4.75. The van der Waals surface area contributed by atoms with Crippen molar-refractivity contribution in [2.45, 2.75) is 63.8 Å². The largest absolute Gasteiger partial charge is 0.481 e. The van der Waals surface area contributed by atoms with Crippen molar-refractivity contribution in [2.75, 3.05) is 6.54 Å². The molecule has 0 aromatic carbocycles. The number of carbonyl (C=O) groups is 1. The minimum atomic E-state index is -0.756. The Morgan fingerprint density at radius 1 is 1.45 bits per heavy atom. The number of aromatic nitrogens is 2. The van der Waals surface area contributed by atoms with Gasteiger partial charge in [-0.05, 0) is 25.8 Å². The van der Waals surface area contributed by atoms with Gasteiger partial charge in [-0.2, -0.15) is 4.98 Å². The predicted molar refractivity (Wildman–Crippen MR) is 73.4 cm³/mol. The first-order chi connectivity index (χ1) is 9.53. The Morgan fingerprint density at radius 3 is 2.70 bits per heavy atom. The topological polar surface area (TPSA) is 88.2 Å². The first kappa shape index (κ1) is 15.0. The van der Waals surface area contributed by atoms with Crippen LogP contribution in [0.2, 0.25) is 0 Å². The van der Waals surface area contributed by atoms with E-state index in [1.54, 1.807) is 0 Å². The van der Waals surface area contributed by atoms with Crippen LogP contribution in [0, 0.1) is 0 Å². The van der Waals surface area contributed by atoms with Crippen LogP contribution in [0.15, 0.2) is 4.52 Å². The first-order valence-electron chi connectivity index (χ1n) is 7.34. The van der Waals surface area contributed by atoms with E-state index in [-0.39, 0.29) is 17.9 Å². The number of carboxylic acids is 1. The average molecular weight is 281 g/mol. The van der Waals surface area contributed by atoms with Gasteiger partial charge < -0.3 is 14.9 Å². The second-order valence-electron chi connectivity index (χ2n) is 5.82. The number of hydrogen-bond donors (Lipinski definition) is 2. The van der Waals surface area contributed by atoms with Crippen molar-refractivity contribution >= 4 is 5.97 Å². The zero-order chi connectivity index (χ0) is 14.6. The van der Waals surface area contributed by atoms with Crippen molar-refractivity contribution in [2.24, 2.45) is 0 Å². The minimum Gasteiger partial charge on any atom is -0.481 e. The summed E-state index contributed by atoms with van der Waals surface area (Å²) in [4.78, 5) is 15.1. The van der Waals surface area contributed by atoms with E-state index in [0.29, 0.717) is 18.9 Å². The van der Waals surface area contributed by atoms with Crippen molar-refractivity contribution in [1.29, 1.82) is 0 Å². The third kappa shape index (κ3) is 3.36. The molecule has 1 heterocycles.